The molecule has 126 valence electrons. The summed E-state index contributed by atoms with van der Waals surface area (Å²) in [4.78, 5) is 28.9. The molecule has 3 N–H and O–H groups in total. The first-order chi connectivity index (χ1) is 11.5. The fourth-order valence-electron chi connectivity index (χ4n) is 3.23. The molecule has 3 rings (SSSR count). The average Bonchev–Trinajstić information content (AvgIpc) is 2.61. The van der Waals surface area contributed by atoms with Gasteiger partial charge in [0.25, 0.3) is 5.91 Å². The Morgan fingerprint density at radius 1 is 1.17 bits per heavy atom. The lowest BCUT2D eigenvalue weighted by Crippen LogP contribution is -2.58. The molecule has 1 fully saturated rings. The van der Waals surface area contributed by atoms with Crippen LogP contribution < -0.4 is 15.8 Å². The lowest BCUT2D eigenvalue weighted by atomic mass is 9.81. The largest absolute Gasteiger partial charge is 0.497 e. The molecular formula is C18H21N3O3. The van der Waals surface area contributed by atoms with Gasteiger partial charge in [0, 0.05) is 5.39 Å². The van der Waals surface area contributed by atoms with E-state index in [2.05, 4.69) is 10.3 Å². The summed E-state index contributed by atoms with van der Waals surface area (Å²) in [5.74, 6) is -0.106. The van der Waals surface area contributed by atoms with E-state index in [1.54, 1.807) is 25.3 Å². The minimum absolute atomic E-state index is 0.277. The summed E-state index contributed by atoms with van der Waals surface area (Å²) in [5.41, 5.74) is 5.58. The van der Waals surface area contributed by atoms with E-state index in [4.69, 9.17) is 10.5 Å². The minimum atomic E-state index is -0.953. The number of amides is 2. The van der Waals surface area contributed by atoms with Gasteiger partial charge >= 0.3 is 0 Å². The first kappa shape index (κ1) is 16.2. The van der Waals surface area contributed by atoms with Gasteiger partial charge in [-0.25, -0.2) is 4.98 Å². The Bertz CT molecular complexity index is 782. The van der Waals surface area contributed by atoms with E-state index in [-0.39, 0.29) is 11.6 Å². The highest BCUT2D eigenvalue weighted by molar-refractivity contribution is 5.99. The number of nitrogens with zero attached hydrogens (tertiary/aromatic N) is 1. The van der Waals surface area contributed by atoms with Crippen LogP contribution >= 0.6 is 0 Å². The zero-order valence-electron chi connectivity index (χ0n) is 13.7. The van der Waals surface area contributed by atoms with E-state index in [1.807, 2.05) is 12.1 Å². The molecule has 0 bridgehead atoms. The number of pyridine rings is 1. The van der Waals surface area contributed by atoms with Gasteiger partial charge in [-0.15, -0.1) is 0 Å². The Balaban J connectivity index is 1.86. The maximum Gasteiger partial charge on any atom is 0.270 e. The molecular weight excluding hydrogens is 306 g/mol. The van der Waals surface area contributed by atoms with Crippen molar-refractivity contribution in [3.63, 3.8) is 0 Å². The second-order valence-corrected chi connectivity index (χ2v) is 6.22. The van der Waals surface area contributed by atoms with Gasteiger partial charge in [0.15, 0.2) is 0 Å². The Morgan fingerprint density at radius 2 is 1.92 bits per heavy atom. The second-order valence-electron chi connectivity index (χ2n) is 6.22. The Labute approximate surface area is 140 Å². The molecule has 0 saturated heterocycles. The van der Waals surface area contributed by atoms with E-state index in [9.17, 15) is 9.59 Å². The van der Waals surface area contributed by atoms with Gasteiger partial charge in [-0.2, -0.15) is 0 Å². The normalized spacial score (nSPS) is 16.5. The van der Waals surface area contributed by atoms with E-state index in [0.29, 0.717) is 18.4 Å². The van der Waals surface area contributed by atoms with Gasteiger partial charge in [0.2, 0.25) is 5.91 Å². The Hall–Kier alpha value is -2.63. The number of nitrogens with one attached hydrogen (secondary N) is 1. The first-order valence-corrected chi connectivity index (χ1v) is 8.11. The molecule has 0 atom stereocenters. The molecule has 0 spiro atoms. The van der Waals surface area contributed by atoms with Gasteiger partial charge in [-0.05, 0) is 37.1 Å². The van der Waals surface area contributed by atoms with Crippen LogP contribution in [0.4, 0.5) is 0 Å². The number of aromatic nitrogens is 1. The van der Waals surface area contributed by atoms with Crippen LogP contribution in [-0.2, 0) is 4.79 Å². The summed E-state index contributed by atoms with van der Waals surface area (Å²) in [7, 11) is 1.60. The zero-order chi connectivity index (χ0) is 17.2. The van der Waals surface area contributed by atoms with Crippen LogP contribution in [0.1, 0.15) is 42.6 Å². The number of primary amides is 1. The standard InChI is InChI=1S/C18H21N3O3/c1-24-13-6-8-14-12(11-13)5-7-15(20-14)16(22)21-18(17(19)23)9-3-2-4-10-18/h5-8,11H,2-4,9-10H2,1H3,(H2,19,23)(H,21,22). The summed E-state index contributed by atoms with van der Waals surface area (Å²) >= 11 is 0. The van der Waals surface area contributed by atoms with Crippen molar-refractivity contribution in [1.29, 1.82) is 0 Å². The Kier molecular flexibility index (Phi) is 4.38. The lowest BCUT2D eigenvalue weighted by molar-refractivity contribution is -0.125. The lowest BCUT2D eigenvalue weighted by Gasteiger charge is -2.34. The number of methoxy groups -OCH3 is 1. The van der Waals surface area contributed by atoms with Crippen molar-refractivity contribution in [1.82, 2.24) is 10.3 Å². The number of nitrogens with two attached hydrogens (primary N) is 1. The molecule has 2 amide bonds. The van der Waals surface area contributed by atoms with Crippen LogP contribution in [0.2, 0.25) is 0 Å². The maximum atomic E-state index is 12.6. The average molecular weight is 327 g/mol. The fourth-order valence-corrected chi connectivity index (χ4v) is 3.23. The van der Waals surface area contributed by atoms with Crippen molar-refractivity contribution in [2.24, 2.45) is 5.73 Å². The second kappa shape index (κ2) is 6.47. The molecule has 0 radical (unpaired) electrons. The van der Waals surface area contributed by atoms with Crippen LogP contribution in [0.15, 0.2) is 30.3 Å². The highest BCUT2D eigenvalue weighted by Gasteiger charge is 2.39. The third-order valence-electron chi connectivity index (χ3n) is 4.66. The zero-order valence-corrected chi connectivity index (χ0v) is 13.7. The Morgan fingerprint density at radius 3 is 2.58 bits per heavy atom. The minimum Gasteiger partial charge on any atom is -0.497 e. The molecule has 6 heteroatoms. The van der Waals surface area contributed by atoms with Crippen LogP contribution in [0.3, 0.4) is 0 Å². The summed E-state index contributed by atoms with van der Waals surface area (Å²) < 4.78 is 5.18. The summed E-state index contributed by atoms with van der Waals surface area (Å²) in [5, 5.41) is 3.72. The molecule has 0 unspecified atom stereocenters. The van der Waals surface area contributed by atoms with Gasteiger partial charge in [-0.1, -0.05) is 25.3 Å². The molecule has 1 aromatic heterocycles. The summed E-state index contributed by atoms with van der Waals surface area (Å²) in [6, 6.07) is 8.92. The van der Waals surface area contributed by atoms with Crippen LogP contribution in [0.5, 0.6) is 5.75 Å². The number of hydrogen-bond acceptors (Lipinski definition) is 4. The van der Waals surface area contributed by atoms with Crippen molar-refractivity contribution in [2.45, 2.75) is 37.6 Å². The molecule has 2 aromatic rings. The SMILES string of the molecule is COc1ccc2nc(C(=O)NC3(C(N)=O)CCCCC3)ccc2c1. The van der Waals surface area contributed by atoms with E-state index < -0.39 is 11.4 Å². The summed E-state index contributed by atoms with van der Waals surface area (Å²) in [6.45, 7) is 0. The monoisotopic (exact) mass is 327 g/mol. The van der Waals surface area contributed by atoms with Crippen LogP contribution in [0, 0.1) is 0 Å². The van der Waals surface area contributed by atoms with Crippen molar-refractivity contribution < 1.29 is 14.3 Å². The van der Waals surface area contributed by atoms with E-state index in [1.165, 1.54) is 0 Å². The highest BCUT2D eigenvalue weighted by atomic mass is 16.5. The number of ether oxygens (including phenoxy) is 1. The molecule has 0 aliphatic heterocycles. The molecule has 1 aromatic carbocycles. The number of fused-ring (bicyclic) bond motifs is 1. The quantitative estimate of drug-likeness (QED) is 0.899. The van der Waals surface area contributed by atoms with Gasteiger partial charge < -0.3 is 15.8 Å². The van der Waals surface area contributed by atoms with Crippen molar-refractivity contribution in [2.75, 3.05) is 7.11 Å². The van der Waals surface area contributed by atoms with E-state index in [0.717, 1.165) is 30.4 Å². The van der Waals surface area contributed by atoms with Crippen molar-refractivity contribution >= 4 is 22.7 Å². The number of carbonyl (C=O) groups excluding carboxylic acids is 2. The molecule has 1 saturated carbocycles. The maximum absolute atomic E-state index is 12.6. The van der Waals surface area contributed by atoms with Crippen molar-refractivity contribution in [3.8, 4) is 5.75 Å². The predicted molar refractivity (Wildman–Crippen MR) is 90.8 cm³/mol. The molecule has 1 aliphatic carbocycles. The van der Waals surface area contributed by atoms with E-state index >= 15 is 0 Å². The van der Waals surface area contributed by atoms with Crippen LogP contribution in [0.25, 0.3) is 10.9 Å². The molecule has 1 aliphatic rings. The number of benzene rings is 1. The topological polar surface area (TPSA) is 94.3 Å². The van der Waals surface area contributed by atoms with Gasteiger partial charge in [0.1, 0.15) is 17.0 Å². The van der Waals surface area contributed by atoms with Gasteiger partial charge in [0.05, 0.1) is 12.6 Å². The molecule has 6 nitrogen and oxygen atoms in total. The van der Waals surface area contributed by atoms with Crippen molar-refractivity contribution in [3.05, 3.63) is 36.0 Å². The number of rotatable bonds is 4. The molecule has 24 heavy (non-hydrogen) atoms. The first-order valence-electron chi connectivity index (χ1n) is 8.11. The van der Waals surface area contributed by atoms with Crippen LogP contribution in [-0.4, -0.2) is 29.4 Å². The smallest absolute Gasteiger partial charge is 0.270 e. The third kappa shape index (κ3) is 3.04. The predicted octanol–water partition coefficient (Wildman–Crippen LogP) is 2.16. The summed E-state index contributed by atoms with van der Waals surface area (Å²) in [6.07, 6.45) is 3.99. The number of carbonyl (C=O) groups is 2. The van der Waals surface area contributed by atoms with Gasteiger partial charge in [-0.3, -0.25) is 9.59 Å². The highest BCUT2D eigenvalue weighted by Crippen LogP contribution is 2.28. The molecule has 1 heterocycles. The number of hydrogen-bond donors (Lipinski definition) is 2. The fraction of sp³-hybridized carbons (Fsp3) is 0.389. The third-order valence-corrected chi connectivity index (χ3v) is 4.66.